The highest BCUT2D eigenvalue weighted by atomic mass is 127. The van der Waals surface area contributed by atoms with Crippen molar-refractivity contribution in [1.29, 1.82) is 0 Å². The van der Waals surface area contributed by atoms with Gasteiger partial charge in [-0.1, -0.05) is 51.6 Å². The van der Waals surface area contributed by atoms with Gasteiger partial charge in [0.2, 0.25) is 5.91 Å². The first-order valence-corrected chi connectivity index (χ1v) is 5.90. The van der Waals surface area contributed by atoms with Crippen LogP contribution in [0, 0.1) is 0 Å². The Labute approximate surface area is 94.2 Å². The van der Waals surface area contributed by atoms with E-state index in [1.807, 2.05) is 0 Å². The van der Waals surface area contributed by atoms with Gasteiger partial charge in [-0.05, 0) is 12.8 Å². The second-order valence-corrected chi connectivity index (χ2v) is 9.03. The smallest absolute Gasteiger partial charge is 0.220 e. The molecule has 1 fully saturated rings. The molecule has 0 aromatic rings. The highest BCUT2D eigenvalue weighted by molar-refractivity contribution is 14.2. The molecule has 1 heterocycles. The molecule has 0 aliphatic carbocycles. The molecule has 11 heavy (non-hydrogen) atoms. The van der Waals surface area contributed by atoms with E-state index in [1.165, 1.54) is 12.8 Å². The van der Waals surface area contributed by atoms with Crippen LogP contribution in [0.3, 0.4) is 0 Å². The Hall–Kier alpha value is 0.930. The van der Waals surface area contributed by atoms with Gasteiger partial charge < -0.3 is 5.32 Å². The van der Waals surface area contributed by atoms with E-state index in [0.29, 0.717) is 6.42 Å². The summed E-state index contributed by atoms with van der Waals surface area (Å²) in [7, 11) is 0. The van der Waals surface area contributed by atoms with Gasteiger partial charge in [-0.2, -0.15) is 0 Å². The van der Waals surface area contributed by atoms with Crippen LogP contribution in [0.1, 0.15) is 25.7 Å². The minimum atomic E-state index is 0.211. The van der Waals surface area contributed by atoms with Crippen molar-refractivity contribution in [1.82, 2.24) is 5.32 Å². The number of hydrogen-bond acceptors (Lipinski definition) is 1. The van der Waals surface area contributed by atoms with Crippen molar-refractivity contribution in [2.45, 2.75) is 27.1 Å². The second kappa shape index (κ2) is 4.25. The zero-order valence-electron chi connectivity index (χ0n) is 6.20. The van der Waals surface area contributed by atoms with Crippen molar-refractivity contribution >= 4 is 51.1 Å². The number of halogens is 2. The topological polar surface area (TPSA) is 29.1 Å². The van der Waals surface area contributed by atoms with Crippen LogP contribution in [-0.4, -0.2) is 13.9 Å². The molecule has 1 saturated heterocycles. The fourth-order valence-electron chi connectivity index (χ4n) is 1.07. The molecule has 1 rings (SSSR count). The molecule has 0 aromatic heterocycles. The van der Waals surface area contributed by atoms with Crippen LogP contribution in [0.5, 0.6) is 0 Å². The molecule has 1 N–H and O–H groups in total. The van der Waals surface area contributed by atoms with E-state index in [2.05, 4.69) is 50.5 Å². The van der Waals surface area contributed by atoms with Gasteiger partial charge >= 0.3 is 0 Å². The predicted molar refractivity (Wildman–Crippen MR) is 62.2 cm³/mol. The summed E-state index contributed by atoms with van der Waals surface area (Å²) in [6, 6.07) is 0. The van der Waals surface area contributed by atoms with E-state index in [4.69, 9.17) is 0 Å². The van der Waals surface area contributed by atoms with E-state index in [1.54, 1.807) is 0 Å². The first-order chi connectivity index (χ1) is 5.10. The number of amides is 1. The third kappa shape index (κ3) is 3.91. The van der Waals surface area contributed by atoms with E-state index in [9.17, 15) is 4.79 Å². The SMILES string of the molecule is O=C1CCCCC(I)(I)CN1. The second-order valence-electron chi connectivity index (χ2n) is 2.84. The lowest BCUT2D eigenvalue weighted by atomic mass is 10.1. The summed E-state index contributed by atoms with van der Waals surface area (Å²) in [5, 5.41) is 2.92. The molecule has 0 radical (unpaired) electrons. The van der Waals surface area contributed by atoms with Crippen molar-refractivity contribution in [2.75, 3.05) is 6.54 Å². The molecular formula is C7H11I2NO. The van der Waals surface area contributed by atoms with Crippen LogP contribution < -0.4 is 5.32 Å². The van der Waals surface area contributed by atoms with Crippen LogP contribution in [0.4, 0.5) is 0 Å². The van der Waals surface area contributed by atoms with Crippen molar-refractivity contribution in [2.24, 2.45) is 0 Å². The monoisotopic (exact) mass is 379 g/mol. The molecule has 4 heteroatoms. The van der Waals surface area contributed by atoms with Gasteiger partial charge in [0.05, 0.1) is 1.43 Å². The summed E-state index contributed by atoms with van der Waals surface area (Å²) in [5.41, 5.74) is 0. The highest BCUT2D eigenvalue weighted by Crippen LogP contribution is 2.33. The van der Waals surface area contributed by atoms with E-state index < -0.39 is 0 Å². The molecule has 0 aromatic carbocycles. The van der Waals surface area contributed by atoms with Crippen molar-refractivity contribution in [3.05, 3.63) is 0 Å². The largest absolute Gasteiger partial charge is 0.354 e. The number of nitrogens with one attached hydrogen (secondary N) is 1. The van der Waals surface area contributed by atoms with Crippen molar-refractivity contribution in [3.63, 3.8) is 0 Å². The lowest BCUT2D eigenvalue weighted by Crippen LogP contribution is -2.35. The van der Waals surface area contributed by atoms with E-state index in [-0.39, 0.29) is 7.34 Å². The molecular weight excluding hydrogens is 368 g/mol. The van der Waals surface area contributed by atoms with E-state index in [0.717, 1.165) is 13.0 Å². The van der Waals surface area contributed by atoms with Gasteiger partial charge in [0.15, 0.2) is 0 Å². The fraction of sp³-hybridized carbons (Fsp3) is 0.857. The van der Waals surface area contributed by atoms with Crippen LogP contribution >= 0.6 is 45.2 Å². The van der Waals surface area contributed by atoms with Gasteiger partial charge in [-0.25, -0.2) is 0 Å². The highest BCUT2D eigenvalue weighted by Gasteiger charge is 2.24. The molecule has 1 aliphatic rings. The molecule has 0 unspecified atom stereocenters. The zero-order valence-corrected chi connectivity index (χ0v) is 10.5. The Balaban J connectivity index is 2.44. The van der Waals surface area contributed by atoms with Crippen molar-refractivity contribution in [3.8, 4) is 0 Å². The molecule has 1 aliphatic heterocycles. The lowest BCUT2D eigenvalue weighted by molar-refractivity contribution is -0.121. The first-order valence-electron chi connectivity index (χ1n) is 3.75. The maximum absolute atomic E-state index is 11.0. The average Bonchev–Trinajstić information content (AvgIpc) is 1.92. The summed E-state index contributed by atoms with van der Waals surface area (Å²) >= 11 is 4.83. The lowest BCUT2D eigenvalue weighted by Gasteiger charge is -2.23. The summed E-state index contributed by atoms with van der Waals surface area (Å²) < 4.78 is 0.242. The third-order valence-corrected chi connectivity index (χ3v) is 3.58. The molecule has 64 valence electrons. The summed E-state index contributed by atoms with van der Waals surface area (Å²) in [4.78, 5) is 11.0. The quantitative estimate of drug-likeness (QED) is 0.508. The predicted octanol–water partition coefficient (Wildman–Crippen LogP) is 2.24. The van der Waals surface area contributed by atoms with Crippen LogP contribution in [0.2, 0.25) is 0 Å². The number of rotatable bonds is 0. The van der Waals surface area contributed by atoms with Crippen LogP contribution in [0.25, 0.3) is 0 Å². The number of hydrogen-bond donors (Lipinski definition) is 1. The number of alkyl halides is 2. The Bertz CT molecular complexity index is 159. The molecule has 0 saturated carbocycles. The molecule has 1 amide bonds. The summed E-state index contributed by atoms with van der Waals surface area (Å²) in [5.74, 6) is 0.211. The van der Waals surface area contributed by atoms with Crippen LogP contribution in [-0.2, 0) is 4.79 Å². The number of carbonyl (C=O) groups is 1. The van der Waals surface area contributed by atoms with E-state index >= 15 is 0 Å². The minimum Gasteiger partial charge on any atom is -0.354 e. The fourth-order valence-corrected chi connectivity index (χ4v) is 2.22. The third-order valence-electron chi connectivity index (χ3n) is 1.74. The van der Waals surface area contributed by atoms with Crippen molar-refractivity contribution < 1.29 is 4.79 Å². The van der Waals surface area contributed by atoms with Crippen LogP contribution in [0.15, 0.2) is 0 Å². The van der Waals surface area contributed by atoms with Gasteiger partial charge in [0, 0.05) is 13.0 Å². The Morgan fingerprint density at radius 2 is 2.09 bits per heavy atom. The summed E-state index contributed by atoms with van der Waals surface area (Å²) in [6.45, 7) is 0.812. The van der Waals surface area contributed by atoms with Gasteiger partial charge in [-0.15, -0.1) is 0 Å². The standard InChI is InChI=1S/C7H11I2NO/c8-7(9)4-2-1-3-6(11)10-5-7/h1-5H2,(H,10,11). The Morgan fingerprint density at radius 3 is 2.82 bits per heavy atom. The summed E-state index contributed by atoms with van der Waals surface area (Å²) in [6.07, 6.45) is 4.14. The maximum atomic E-state index is 11.0. The normalized spacial score (nSPS) is 25.1. The maximum Gasteiger partial charge on any atom is 0.220 e. The molecule has 0 atom stereocenters. The average molecular weight is 379 g/mol. The van der Waals surface area contributed by atoms with Gasteiger partial charge in [0.25, 0.3) is 0 Å². The molecule has 0 spiro atoms. The van der Waals surface area contributed by atoms with Gasteiger partial charge in [0.1, 0.15) is 0 Å². The Kier molecular flexibility index (Phi) is 3.87. The number of carbonyl (C=O) groups excluding carboxylic acids is 1. The van der Waals surface area contributed by atoms with Gasteiger partial charge in [-0.3, -0.25) is 4.79 Å². The minimum absolute atomic E-state index is 0.211. The Morgan fingerprint density at radius 1 is 1.36 bits per heavy atom. The zero-order chi connectivity index (χ0) is 8.32. The molecule has 0 bridgehead atoms. The first kappa shape index (κ1) is 10.0. The molecule has 2 nitrogen and oxygen atoms in total.